The van der Waals surface area contributed by atoms with Crippen molar-refractivity contribution in [3.63, 3.8) is 0 Å². The van der Waals surface area contributed by atoms with Gasteiger partial charge in [-0.25, -0.2) is 15.0 Å². The normalized spacial score (nSPS) is 10.0. The van der Waals surface area contributed by atoms with Gasteiger partial charge in [-0.1, -0.05) is 0 Å². The number of aromatic nitrogens is 3. The van der Waals surface area contributed by atoms with Gasteiger partial charge in [0.1, 0.15) is 0 Å². The van der Waals surface area contributed by atoms with E-state index in [0.717, 1.165) is 4.47 Å². The summed E-state index contributed by atoms with van der Waals surface area (Å²) in [6.07, 6.45) is 4.60. The molecule has 2 aromatic rings. The maximum Gasteiger partial charge on any atom is 0.233 e. The highest BCUT2D eigenvalue weighted by Gasteiger charge is 2.03. The van der Waals surface area contributed by atoms with Crippen LogP contribution in [0.3, 0.4) is 0 Å². The third-order valence-electron chi connectivity index (χ3n) is 1.54. The fraction of sp³-hybridized carbons (Fsp3) is 0. The van der Waals surface area contributed by atoms with Gasteiger partial charge in [-0.05, 0) is 39.7 Å². The lowest BCUT2D eigenvalue weighted by Gasteiger charge is -2.04. The number of halogens is 2. The van der Waals surface area contributed by atoms with Gasteiger partial charge in [0.2, 0.25) is 11.2 Å². The van der Waals surface area contributed by atoms with E-state index in [1.807, 2.05) is 6.07 Å². The summed E-state index contributed by atoms with van der Waals surface area (Å²) >= 11 is 8.86. The van der Waals surface area contributed by atoms with Crippen molar-refractivity contribution in [2.75, 3.05) is 0 Å². The van der Waals surface area contributed by atoms with Crippen LogP contribution in [-0.2, 0) is 0 Å². The van der Waals surface area contributed by atoms with E-state index in [2.05, 4.69) is 30.9 Å². The average molecular weight is 287 g/mol. The highest BCUT2D eigenvalue weighted by molar-refractivity contribution is 9.10. The molecule has 2 rings (SSSR count). The molecule has 0 aliphatic carbocycles. The largest absolute Gasteiger partial charge is 0.435 e. The van der Waals surface area contributed by atoms with Crippen molar-refractivity contribution in [2.45, 2.75) is 0 Å². The zero-order valence-corrected chi connectivity index (χ0v) is 9.73. The Kier molecular flexibility index (Phi) is 3.13. The molecule has 15 heavy (non-hydrogen) atoms. The van der Waals surface area contributed by atoms with Gasteiger partial charge in [0.25, 0.3) is 0 Å². The van der Waals surface area contributed by atoms with E-state index >= 15 is 0 Å². The first kappa shape index (κ1) is 10.3. The fourth-order valence-corrected chi connectivity index (χ4v) is 1.34. The quantitative estimate of drug-likeness (QED) is 0.796. The molecule has 2 aromatic heterocycles. The van der Waals surface area contributed by atoms with E-state index in [9.17, 15) is 0 Å². The maximum atomic E-state index is 5.54. The lowest BCUT2D eigenvalue weighted by atomic mass is 10.5. The second-order valence-corrected chi connectivity index (χ2v) is 3.77. The van der Waals surface area contributed by atoms with Gasteiger partial charge in [-0.3, -0.25) is 0 Å². The van der Waals surface area contributed by atoms with E-state index in [-0.39, 0.29) is 5.28 Å². The molecule has 2 heterocycles. The Morgan fingerprint density at radius 3 is 2.60 bits per heavy atom. The van der Waals surface area contributed by atoms with Crippen LogP contribution in [-0.4, -0.2) is 15.0 Å². The standard InChI is InChI=1S/C9H5BrClN3O/c10-7-2-1-3-12-8(7)15-6-4-13-9(11)14-5-6/h1-5H. The summed E-state index contributed by atoms with van der Waals surface area (Å²) in [5.41, 5.74) is 0. The van der Waals surface area contributed by atoms with Crippen LogP contribution in [0.25, 0.3) is 0 Å². The molecule has 0 N–H and O–H groups in total. The molecule has 4 nitrogen and oxygen atoms in total. The van der Waals surface area contributed by atoms with Crippen molar-refractivity contribution in [1.29, 1.82) is 0 Å². The maximum absolute atomic E-state index is 5.54. The summed E-state index contributed by atoms with van der Waals surface area (Å²) < 4.78 is 6.19. The van der Waals surface area contributed by atoms with Crippen LogP contribution in [0.5, 0.6) is 11.6 Å². The summed E-state index contributed by atoms with van der Waals surface area (Å²) in [4.78, 5) is 11.6. The fourth-order valence-electron chi connectivity index (χ4n) is 0.911. The van der Waals surface area contributed by atoms with Crippen LogP contribution in [0.15, 0.2) is 35.2 Å². The first-order chi connectivity index (χ1) is 7.25. The van der Waals surface area contributed by atoms with Crippen LogP contribution in [0, 0.1) is 0 Å². The predicted molar refractivity (Wildman–Crippen MR) is 59.1 cm³/mol. The van der Waals surface area contributed by atoms with Crippen molar-refractivity contribution < 1.29 is 4.74 Å². The van der Waals surface area contributed by atoms with E-state index in [4.69, 9.17) is 16.3 Å². The van der Waals surface area contributed by atoms with E-state index in [1.165, 1.54) is 12.4 Å². The van der Waals surface area contributed by atoms with Gasteiger partial charge in [-0.15, -0.1) is 0 Å². The second-order valence-electron chi connectivity index (χ2n) is 2.58. The number of rotatable bonds is 2. The van der Waals surface area contributed by atoms with Crippen molar-refractivity contribution in [3.05, 3.63) is 40.5 Å². The Balaban J connectivity index is 2.22. The number of hydrogen-bond acceptors (Lipinski definition) is 4. The molecule has 0 saturated heterocycles. The van der Waals surface area contributed by atoms with Gasteiger partial charge in [0.15, 0.2) is 5.75 Å². The lowest BCUT2D eigenvalue weighted by molar-refractivity contribution is 0.455. The van der Waals surface area contributed by atoms with Gasteiger partial charge in [-0.2, -0.15) is 0 Å². The minimum absolute atomic E-state index is 0.183. The lowest BCUT2D eigenvalue weighted by Crippen LogP contribution is -1.90. The summed E-state index contributed by atoms with van der Waals surface area (Å²) in [5, 5.41) is 0.183. The predicted octanol–water partition coefficient (Wildman–Crippen LogP) is 3.08. The molecule has 0 saturated carbocycles. The van der Waals surface area contributed by atoms with Crippen LogP contribution < -0.4 is 4.74 Å². The van der Waals surface area contributed by atoms with Gasteiger partial charge < -0.3 is 4.74 Å². The molecule has 0 amide bonds. The van der Waals surface area contributed by atoms with E-state index in [1.54, 1.807) is 12.3 Å². The van der Waals surface area contributed by atoms with Crippen LogP contribution >= 0.6 is 27.5 Å². The molecular weight excluding hydrogens is 281 g/mol. The number of nitrogens with zero attached hydrogens (tertiary/aromatic N) is 3. The third-order valence-corrected chi connectivity index (χ3v) is 2.33. The summed E-state index contributed by atoms with van der Waals surface area (Å²) in [7, 11) is 0. The van der Waals surface area contributed by atoms with Crippen LogP contribution in [0.4, 0.5) is 0 Å². The minimum atomic E-state index is 0.183. The highest BCUT2D eigenvalue weighted by atomic mass is 79.9. The first-order valence-electron chi connectivity index (χ1n) is 4.01. The van der Waals surface area contributed by atoms with Gasteiger partial charge in [0.05, 0.1) is 16.9 Å². The molecule has 76 valence electrons. The number of ether oxygens (including phenoxy) is 1. The summed E-state index contributed by atoms with van der Waals surface area (Å²) in [6.45, 7) is 0. The van der Waals surface area contributed by atoms with Crippen molar-refractivity contribution in [2.24, 2.45) is 0 Å². The number of hydrogen-bond donors (Lipinski definition) is 0. The Labute approximate surface area is 99.4 Å². The Hall–Kier alpha value is -1.20. The molecule has 0 spiro atoms. The van der Waals surface area contributed by atoms with Gasteiger partial charge >= 0.3 is 0 Å². The number of pyridine rings is 1. The molecule has 0 radical (unpaired) electrons. The Morgan fingerprint density at radius 1 is 1.20 bits per heavy atom. The molecule has 0 atom stereocenters. The molecule has 0 aromatic carbocycles. The van der Waals surface area contributed by atoms with Crippen molar-refractivity contribution in [3.8, 4) is 11.6 Å². The van der Waals surface area contributed by atoms with Crippen LogP contribution in [0.2, 0.25) is 5.28 Å². The SMILES string of the molecule is Clc1ncc(Oc2ncccc2Br)cn1. The minimum Gasteiger partial charge on any atom is -0.435 e. The molecular formula is C9H5BrClN3O. The molecule has 0 fully saturated rings. The molecule has 0 aliphatic rings. The van der Waals surface area contributed by atoms with E-state index < -0.39 is 0 Å². The summed E-state index contributed by atoms with van der Waals surface area (Å²) in [5.74, 6) is 0.947. The monoisotopic (exact) mass is 285 g/mol. The topological polar surface area (TPSA) is 47.9 Å². The zero-order chi connectivity index (χ0) is 10.7. The molecule has 0 unspecified atom stereocenters. The summed E-state index contributed by atoms with van der Waals surface area (Å²) in [6, 6.07) is 3.63. The Bertz CT molecular complexity index is 463. The Morgan fingerprint density at radius 2 is 1.93 bits per heavy atom. The average Bonchev–Trinajstić information content (AvgIpc) is 2.25. The van der Waals surface area contributed by atoms with Crippen LogP contribution in [0.1, 0.15) is 0 Å². The van der Waals surface area contributed by atoms with Crippen molar-refractivity contribution in [1.82, 2.24) is 15.0 Å². The second kappa shape index (κ2) is 4.55. The van der Waals surface area contributed by atoms with Gasteiger partial charge in [0, 0.05) is 6.20 Å². The molecule has 0 aliphatic heterocycles. The molecule has 6 heteroatoms. The van der Waals surface area contributed by atoms with E-state index in [0.29, 0.717) is 11.6 Å². The smallest absolute Gasteiger partial charge is 0.233 e. The van der Waals surface area contributed by atoms with Crippen molar-refractivity contribution >= 4 is 27.5 Å². The highest BCUT2D eigenvalue weighted by Crippen LogP contribution is 2.25. The molecule has 0 bridgehead atoms. The third kappa shape index (κ3) is 2.64. The zero-order valence-electron chi connectivity index (χ0n) is 7.39. The first-order valence-corrected chi connectivity index (χ1v) is 5.19.